The van der Waals surface area contributed by atoms with Crippen molar-refractivity contribution in [3.05, 3.63) is 0 Å². The summed E-state index contributed by atoms with van der Waals surface area (Å²) in [5, 5.41) is 6.01. The first-order chi connectivity index (χ1) is 12.3. The van der Waals surface area contributed by atoms with Gasteiger partial charge in [0.05, 0.1) is 6.04 Å². The van der Waals surface area contributed by atoms with E-state index in [1.807, 2.05) is 21.6 Å². The van der Waals surface area contributed by atoms with Crippen LogP contribution in [0.1, 0.15) is 65.7 Å². The van der Waals surface area contributed by atoms with Crippen molar-refractivity contribution in [2.45, 2.75) is 83.1 Å². The first-order valence-corrected chi connectivity index (χ1v) is 11.6. The molecule has 2 amide bonds. The number of carbonyl (C=O) groups is 4. The van der Waals surface area contributed by atoms with Crippen molar-refractivity contribution in [3.8, 4) is 0 Å². The fourth-order valence-corrected chi connectivity index (χ4v) is 5.55. The Morgan fingerprint density at radius 1 is 1.08 bits per heavy atom. The molecule has 1 aliphatic heterocycles. The normalized spacial score (nSPS) is 18.8. The summed E-state index contributed by atoms with van der Waals surface area (Å²) in [6.07, 6.45) is 4.97. The number of rotatable bonds is 12. The summed E-state index contributed by atoms with van der Waals surface area (Å²) in [5.41, 5.74) is 0. The molecular formula is C18H30N2O4S2. The van der Waals surface area contributed by atoms with Gasteiger partial charge in [0.15, 0.2) is 5.78 Å². The monoisotopic (exact) mass is 402 g/mol. The highest BCUT2D eigenvalue weighted by molar-refractivity contribution is 8.77. The average Bonchev–Trinajstić information content (AvgIpc) is 3.08. The summed E-state index contributed by atoms with van der Waals surface area (Å²) in [4.78, 5) is 47.0. The van der Waals surface area contributed by atoms with Gasteiger partial charge in [0.25, 0.3) is 0 Å². The smallest absolute Gasteiger partial charge is 0.243 e. The van der Waals surface area contributed by atoms with Crippen LogP contribution in [0, 0.1) is 0 Å². The number of amides is 2. The molecule has 2 N–H and O–H groups in total. The first kappa shape index (κ1) is 23.0. The molecule has 0 spiro atoms. The molecular weight excluding hydrogens is 372 g/mol. The van der Waals surface area contributed by atoms with Gasteiger partial charge in [0.2, 0.25) is 11.8 Å². The number of Topliss-reactive ketones (excluding diaryl/α,β-unsaturated/α-hetero) is 2. The topological polar surface area (TPSA) is 92.3 Å². The van der Waals surface area contributed by atoms with Crippen LogP contribution in [-0.4, -0.2) is 46.5 Å². The molecule has 3 atom stereocenters. The zero-order valence-electron chi connectivity index (χ0n) is 15.8. The minimum absolute atomic E-state index is 0.0383. The highest BCUT2D eigenvalue weighted by atomic mass is 33.1. The van der Waals surface area contributed by atoms with Crippen LogP contribution in [0.2, 0.25) is 0 Å². The van der Waals surface area contributed by atoms with Gasteiger partial charge in [0.1, 0.15) is 11.8 Å². The highest BCUT2D eigenvalue weighted by Crippen LogP contribution is 2.39. The van der Waals surface area contributed by atoms with Crippen LogP contribution < -0.4 is 10.6 Å². The molecule has 26 heavy (non-hydrogen) atoms. The van der Waals surface area contributed by atoms with Crippen LogP contribution in [-0.2, 0) is 19.2 Å². The Hall–Kier alpha value is -1.02. The van der Waals surface area contributed by atoms with Crippen LogP contribution >= 0.6 is 21.6 Å². The van der Waals surface area contributed by atoms with Crippen molar-refractivity contribution in [1.82, 2.24) is 10.6 Å². The molecule has 0 aromatic rings. The van der Waals surface area contributed by atoms with Gasteiger partial charge in [-0.3, -0.25) is 14.4 Å². The predicted octanol–water partition coefficient (Wildman–Crippen LogP) is 2.65. The van der Waals surface area contributed by atoms with Crippen molar-refractivity contribution < 1.29 is 19.2 Å². The highest BCUT2D eigenvalue weighted by Gasteiger charge is 2.23. The largest absolute Gasteiger partial charge is 0.345 e. The fraction of sp³-hybridized carbons (Fsp3) is 0.778. The lowest BCUT2D eigenvalue weighted by Gasteiger charge is -2.20. The molecule has 1 rings (SSSR count). The first-order valence-electron chi connectivity index (χ1n) is 9.17. The summed E-state index contributed by atoms with van der Waals surface area (Å²) < 4.78 is 0. The van der Waals surface area contributed by atoms with E-state index >= 15 is 0 Å². The van der Waals surface area contributed by atoms with Crippen molar-refractivity contribution in [2.24, 2.45) is 0 Å². The molecule has 1 aliphatic rings. The number of nitrogens with one attached hydrogen (secondary N) is 2. The van der Waals surface area contributed by atoms with Gasteiger partial charge in [0, 0.05) is 23.8 Å². The van der Waals surface area contributed by atoms with Gasteiger partial charge in [-0.1, -0.05) is 28.0 Å². The molecule has 0 aromatic heterocycles. The van der Waals surface area contributed by atoms with Crippen LogP contribution in [0.4, 0.5) is 0 Å². The quantitative estimate of drug-likeness (QED) is 0.385. The molecule has 1 heterocycles. The Morgan fingerprint density at radius 2 is 1.81 bits per heavy atom. The molecule has 6 nitrogen and oxygen atoms in total. The minimum Gasteiger partial charge on any atom is -0.345 e. The minimum atomic E-state index is -0.782. The lowest BCUT2D eigenvalue weighted by atomic mass is 10.1. The molecule has 0 bridgehead atoms. The second-order valence-electron chi connectivity index (χ2n) is 6.78. The molecule has 0 aliphatic carbocycles. The van der Waals surface area contributed by atoms with E-state index in [1.165, 1.54) is 26.0 Å². The molecule has 1 fully saturated rings. The Morgan fingerprint density at radius 3 is 2.38 bits per heavy atom. The van der Waals surface area contributed by atoms with Crippen molar-refractivity contribution >= 4 is 45.0 Å². The van der Waals surface area contributed by atoms with Crippen LogP contribution in [0.5, 0.6) is 0 Å². The number of hydrogen-bond acceptors (Lipinski definition) is 6. The van der Waals surface area contributed by atoms with Gasteiger partial charge in [-0.2, -0.15) is 0 Å². The summed E-state index contributed by atoms with van der Waals surface area (Å²) in [6.45, 7) is 4.45. The van der Waals surface area contributed by atoms with E-state index in [2.05, 4.69) is 10.6 Å². The third kappa shape index (κ3) is 9.62. The van der Waals surface area contributed by atoms with Gasteiger partial charge in [-0.25, -0.2) is 0 Å². The number of hydrogen-bond donors (Lipinski definition) is 2. The number of unbranched alkanes of at least 4 members (excludes halogenated alkanes) is 1. The van der Waals surface area contributed by atoms with Gasteiger partial charge >= 0.3 is 0 Å². The standard InChI is InChI=1S/C18H30N2O4S2/c1-12(21)8-9-16(18(24)19-13(2)14(3)22)20-17(23)7-5-4-6-15-10-11-25-26-15/h13,15-16H,4-11H2,1-3H3,(H,19,24)(H,20,23)/t13-,15+,16-/m0/s1. The molecule has 0 unspecified atom stereocenters. The van der Waals surface area contributed by atoms with Crippen LogP contribution in [0.15, 0.2) is 0 Å². The van der Waals surface area contributed by atoms with Gasteiger partial charge < -0.3 is 15.4 Å². The fourth-order valence-electron chi connectivity index (χ4n) is 2.52. The second-order valence-corrected chi connectivity index (χ2v) is 9.56. The third-order valence-electron chi connectivity index (χ3n) is 4.31. The maximum atomic E-state index is 12.3. The van der Waals surface area contributed by atoms with Crippen molar-refractivity contribution in [1.29, 1.82) is 0 Å². The van der Waals surface area contributed by atoms with Crippen LogP contribution in [0.3, 0.4) is 0 Å². The van der Waals surface area contributed by atoms with Gasteiger partial charge in [-0.15, -0.1) is 0 Å². The zero-order chi connectivity index (χ0) is 19.5. The lowest BCUT2D eigenvalue weighted by Crippen LogP contribution is -2.50. The molecule has 148 valence electrons. The van der Waals surface area contributed by atoms with Crippen LogP contribution in [0.25, 0.3) is 0 Å². The number of carbonyl (C=O) groups excluding carboxylic acids is 4. The maximum absolute atomic E-state index is 12.3. The summed E-state index contributed by atoms with van der Waals surface area (Å²) in [5.74, 6) is 0.419. The number of ketones is 2. The summed E-state index contributed by atoms with van der Waals surface area (Å²) in [6, 6.07) is -1.39. The van der Waals surface area contributed by atoms with E-state index in [9.17, 15) is 19.2 Å². The second kappa shape index (κ2) is 12.4. The average molecular weight is 403 g/mol. The van der Waals surface area contributed by atoms with E-state index in [4.69, 9.17) is 0 Å². The van der Waals surface area contributed by atoms with E-state index in [-0.39, 0.29) is 30.3 Å². The molecule has 0 radical (unpaired) electrons. The van der Waals surface area contributed by atoms with Crippen molar-refractivity contribution in [2.75, 3.05) is 5.75 Å². The van der Waals surface area contributed by atoms with Crippen molar-refractivity contribution in [3.63, 3.8) is 0 Å². The Balaban J connectivity index is 2.41. The van der Waals surface area contributed by atoms with E-state index < -0.39 is 18.0 Å². The Labute approximate surface area is 163 Å². The SMILES string of the molecule is CC(=O)CC[C@H](NC(=O)CCCC[C@@H]1CCSS1)C(=O)N[C@@H](C)C(C)=O. The Kier molecular flexibility index (Phi) is 11.0. The zero-order valence-corrected chi connectivity index (χ0v) is 17.5. The van der Waals surface area contributed by atoms with Gasteiger partial charge in [-0.05, 0) is 46.5 Å². The summed E-state index contributed by atoms with van der Waals surface area (Å²) >= 11 is 0. The molecule has 0 aromatic carbocycles. The Bertz CT molecular complexity index is 507. The van der Waals surface area contributed by atoms with E-state index in [0.717, 1.165) is 19.3 Å². The van der Waals surface area contributed by atoms with E-state index in [0.29, 0.717) is 11.7 Å². The van der Waals surface area contributed by atoms with E-state index in [1.54, 1.807) is 6.92 Å². The third-order valence-corrected chi connectivity index (χ3v) is 7.32. The maximum Gasteiger partial charge on any atom is 0.243 e. The predicted molar refractivity (Wildman–Crippen MR) is 107 cm³/mol. The summed E-state index contributed by atoms with van der Waals surface area (Å²) in [7, 11) is 3.85. The molecule has 0 saturated carbocycles. The molecule has 8 heteroatoms. The molecule has 1 saturated heterocycles. The lowest BCUT2D eigenvalue weighted by molar-refractivity contribution is -0.131.